The minimum absolute atomic E-state index is 0.0531. The quantitative estimate of drug-likeness (QED) is 0.602. The summed E-state index contributed by atoms with van der Waals surface area (Å²) in [5.74, 6) is -0.485. The van der Waals surface area contributed by atoms with Crippen molar-refractivity contribution < 1.29 is 18.0 Å². The van der Waals surface area contributed by atoms with Gasteiger partial charge in [0, 0.05) is 25.2 Å². The molecule has 8 heteroatoms. The third-order valence-electron chi connectivity index (χ3n) is 5.23. The molecule has 0 aliphatic rings. The van der Waals surface area contributed by atoms with E-state index in [1.165, 1.54) is 0 Å². The van der Waals surface area contributed by atoms with E-state index in [1.54, 1.807) is 41.3 Å². The predicted molar refractivity (Wildman–Crippen MR) is 126 cm³/mol. The van der Waals surface area contributed by atoms with Crippen LogP contribution in [0.4, 0.5) is 0 Å². The summed E-state index contributed by atoms with van der Waals surface area (Å²) in [6.45, 7) is 11.2. The molecule has 0 atom stereocenters. The summed E-state index contributed by atoms with van der Waals surface area (Å²) in [6, 6.07) is 13.5. The van der Waals surface area contributed by atoms with Gasteiger partial charge in [-0.1, -0.05) is 45.0 Å². The molecule has 0 heterocycles. The van der Waals surface area contributed by atoms with Crippen LogP contribution in [0.3, 0.4) is 0 Å². The molecule has 2 amide bonds. The maximum atomic E-state index is 12.6. The number of amides is 2. The van der Waals surface area contributed by atoms with Gasteiger partial charge in [-0.15, -0.1) is 0 Å². The van der Waals surface area contributed by atoms with Crippen molar-refractivity contribution in [1.29, 1.82) is 0 Å². The van der Waals surface area contributed by atoms with Gasteiger partial charge in [-0.2, -0.15) is 0 Å². The van der Waals surface area contributed by atoms with Crippen LogP contribution >= 0.6 is 0 Å². The zero-order chi connectivity index (χ0) is 23.9. The van der Waals surface area contributed by atoms with Crippen LogP contribution < -0.4 is 10.0 Å². The van der Waals surface area contributed by atoms with Crippen molar-refractivity contribution in [3.8, 4) is 0 Å². The monoisotopic (exact) mass is 459 g/mol. The number of hydrogen-bond donors (Lipinski definition) is 2. The van der Waals surface area contributed by atoms with E-state index in [4.69, 9.17) is 0 Å². The first-order chi connectivity index (χ1) is 15.0. The molecule has 174 valence electrons. The fourth-order valence-electron chi connectivity index (χ4n) is 3.12. The smallest absolute Gasteiger partial charge is 0.251 e. The SMILES string of the molecule is CCN(CC)C(=O)CNC(=O)c1ccc(CNS(=O)(=O)c2ccc(C(C)(C)C)cc2)cc1. The van der Waals surface area contributed by atoms with Gasteiger partial charge in [-0.25, -0.2) is 13.1 Å². The molecule has 2 rings (SSSR count). The van der Waals surface area contributed by atoms with E-state index in [2.05, 4.69) is 30.8 Å². The Morgan fingerprint density at radius 3 is 1.97 bits per heavy atom. The molecule has 0 saturated heterocycles. The van der Waals surface area contributed by atoms with Crippen LogP contribution in [0.1, 0.15) is 56.1 Å². The van der Waals surface area contributed by atoms with Crippen LogP contribution in [-0.4, -0.2) is 44.8 Å². The van der Waals surface area contributed by atoms with E-state index in [-0.39, 0.29) is 35.2 Å². The number of likely N-dealkylation sites (N-methyl/N-ethyl adjacent to an activating group) is 1. The van der Waals surface area contributed by atoms with Gasteiger partial charge in [0.15, 0.2) is 0 Å². The topological polar surface area (TPSA) is 95.6 Å². The number of sulfonamides is 1. The lowest BCUT2D eigenvalue weighted by Crippen LogP contribution is -2.40. The number of rotatable bonds is 9. The van der Waals surface area contributed by atoms with Gasteiger partial charge in [-0.3, -0.25) is 9.59 Å². The fraction of sp³-hybridized carbons (Fsp3) is 0.417. The van der Waals surface area contributed by atoms with Gasteiger partial charge in [0.25, 0.3) is 5.91 Å². The second-order valence-electron chi connectivity index (χ2n) is 8.54. The van der Waals surface area contributed by atoms with E-state index < -0.39 is 10.0 Å². The number of nitrogens with one attached hydrogen (secondary N) is 2. The van der Waals surface area contributed by atoms with E-state index in [0.29, 0.717) is 18.7 Å². The highest BCUT2D eigenvalue weighted by Crippen LogP contribution is 2.23. The first-order valence-corrected chi connectivity index (χ1v) is 12.2. The highest BCUT2D eigenvalue weighted by Gasteiger charge is 2.18. The number of hydrogen-bond acceptors (Lipinski definition) is 4. The molecular weight excluding hydrogens is 426 g/mol. The Hall–Kier alpha value is -2.71. The number of nitrogens with zero attached hydrogens (tertiary/aromatic N) is 1. The van der Waals surface area contributed by atoms with Crippen LogP contribution in [0.2, 0.25) is 0 Å². The molecule has 0 aliphatic carbocycles. The summed E-state index contributed by atoms with van der Waals surface area (Å²) < 4.78 is 27.8. The molecule has 0 saturated carbocycles. The molecule has 2 aromatic rings. The maximum absolute atomic E-state index is 12.6. The summed E-state index contributed by atoms with van der Waals surface area (Å²) in [6.07, 6.45) is 0. The van der Waals surface area contributed by atoms with Crippen LogP contribution in [0.25, 0.3) is 0 Å². The summed E-state index contributed by atoms with van der Waals surface area (Å²) in [7, 11) is -3.65. The lowest BCUT2D eigenvalue weighted by molar-refractivity contribution is -0.129. The molecule has 0 fully saturated rings. The van der Waals surface area contributed by atoms with Crippen molar-refractivity contribution >= 4 is 21.8 Å². The summed E-state index contributed by atoms with van der Waals surface area (Å²) >= 11 is 0. The van der Waals surface area contributed by atoms with Gasteiger partial charge >= 0.3 is 0 Å². The lowest BCUT2D eigenvalue weighted by atomic mass is 9.87. The minimum Gasteiger partial charge on any atom is -0.343 e. The molecule has 0 aromatic heterocycles. The third-order valence-corrected chi connectivity index (χ3v) is 6.65. The minimum atomic E-state index is -3.65. The highest BCUT2D eigenvalue weighted by atomic mass is 32.2. The zero-order valence-electron chi connectivity index (χ0n) is 19.4. The number of carbonyl (C=O) groups excluding carboxylic acids is 2. The maximum Gasteiger partial charge on any atom is 0.251 e. The number of benzene rings is 2. The van der Waals surface area contributed by atoms with Gasteiger partial charge < -0.3 is 10.2 Å². The first kappa shape index (κ1) is 25.5. The van der Waals surface area contributed by atoms with E-state index >= 15 is 0 Å². The van der Waals surface area contributed by atoms with Crippen molar-refractivity contribution in [2.45, 2.75) is 51.5 Å². The van der Waals surface area contributed by atoms with Crippen LogP contribution in [0.5, 0.6) is 0 Å². The summed E-state index contributed by atoms with van der Waals surface area (Å²) in [5, 5.41) is 2.62. The van der Waals surface area contributed by atoms with Gasteiger partial charge in [0.05, 0.1) is 11.4 Å². The molecule has 0 spiro atoms. The highest BCUT2D eigenvalue weighted by molar-refractivity contribution is 7.89. The molecule has 32 heavy (non-hydrogen) atoms. The Labute approximate surface area is 191 Å². The third kappa shape index (κ3) is 6.90. The molecular formula is C24H33N3O4S. The molecule has 0 unspecified atom stereocenters. The Kier molecular flexibility index (Phi) is 8.58. The van der Waals surface area contributed by atoms with Crippen molar-refractivity contribution in [3.05, 3.63) is 65.2 Å². The average Bonchev–Trinajstić information content (AvgIpc) is 2.77. The van der Waals surface area contributed by atoms with Crippen molar-refractivity contribution in [2.75, 3.05) is 19.6 Å². The Bertz CT molecular complexity index is 1020. The Morgan fingerprint density at radius 2 is 1.47 bits per heavy atom. The molecule has 0 bridgehead atoms. The lowest BCUT2D eigenvalue weighted by Gasteiger charge is -2.19. The normalized spacial score (nSPS) is 11.8. The van der Waals surface area contributed by atoms with Crippen LogP contribution in [-0.2, 0) is 26.8 Å². The summed E-state index contributed by atoms with van der Waals surface area (Å²) in [5.41, 5.74) is 2.13. The predicted octanol–water partition coefficient (Wildman–Crippen LogP) is 3.06. The molecule has 0 radical (unpaired) electrons. The van der Waals surface area contributed by atoms with E-state index in [9.17, 15) is 18.0 Å². The van der Waals surface area contributed by atoms with Crippen LogP contribution in [0.15, 0.2) is 53.4 Å². The number of carbonyl (C=O) groups is 2. The van der Waals surface area contributed by atoms with Gasteiger partial charge in [0.2, 0.25) is 15.9 Å². The first-order valence-electron chi connectivity index (χ1n) is 10.7. The largest absolute Gasteiger partial charge is 0.343 e. The Morgan fingerprint density at radius 1 is 0.906 bits per heavy atom. The molecule has 2 N–H and O–H groups in total. The van der Waals surface area contributed by atoms with E-state index in [1.807, 2.05) is 26.0 Å². The second kappa shape index (κ2) is 10.7. The summed E-state index contributed by atoms with van der Waals surface area (Å²) in [4.78, 5) is 26.1. The van der Waals surface area contributed by atoms with Gasteiger partial charge in [-0.05, 0) is 54.7 Å². The fourth-order valence-corrected chi connectivity index (χ4v) is 4.13. The van der Waals surface area contributed by atoms with Gasteiger partial charge in [0.1, 0.15) is 0 Å². The standard InChI is InChI=1S/C24H33N3O4S/c1-6-27(7-2)22(28)17-25-23(29)19-10-8-18(9-11-19)16-26-32(30,31)21-14-12-20(13-15-21)24(3,4)5/h8-15,26H,6-7,16-17H2,1-5H3,(H,25,29). The Balaban J connectivity index is 1.94. The zero-order valence-corrected chi connectivity index (χ0v) is 20.3. The molecule has 7 nitrogen and oxygen atoms in total. The second-order valence-corrected chi connectivity index (χ2v) is 10.3. The molecule has 2 aromatic carbocycles. The van der Waals surface area contributed by atoms with Crippen molar-refractivity contribution in [2.24, 2.45) is 0 Å². The van der Waals surface area contributed by atoms with Crippen LogP contribution in [0, 0.1) is 0 Å². The van der Waals surface area contributed by atoms with Crippen molar-refractivity contribution in [1.82, 2.24) is 14.9 Å². The van der Waals surface area contributed by atoms with Crippen molar-refractivity contribution in [3.63, 3.8) is 0 Å². The molecule has 0 aliphatic heterocycles. The average molecular weight is 460 g/mol. The van der Waals surface area contributed by atoms with E-state index in [0.717, 1.165) is 11.1 Å².